The van der Waals surface area contributed by atoms with Crippen LogP contribution >= 0.6 is 15.6 Å². The predicted molar refractivity (Wildman–Crippen MR) is 101 cm³/mol. The Balaban J connectivity index is -0.000000337. The van der Waals surface area contributed by atoms with E-state index >= 15 is 0 Å². The van der Waals surface area contributed by atoms with Crippen LogP contribution in [0, 0.1) is 0 Å². The maximum atomic E-state index is 10.00. The van der Waals surface area contributed by atoms with Crippen molar-refractivity contribution in [1.29, 1.82) is 0 Å². The largest absolute Gasteiger partial charge is 2.00 e. The van der Waals surface area contributed by atoms with Gasteiger partial charge in [0.2, 0.25) is 5.79 Å². The van der Waals surface area contributed by atoms with Crippen molar-refractivity contribution in [2.45, 2.75) is 54.8 Å². The van der Waals surface area contributed by atoms with Crippen molar-refractivity contribution in [2.24, 2.45) is 0 Å². The van der Waals surface area contributed by atoms with Crippen LogP contribution in [0.15, 0.2) is 0 Å². The number of aliphatic hydroxyl groups excluding tert-OH is 8. The van der Waals surface area contributed by atoms with Gasteiger partial charge in [0.05, 0.1) is 13.2 Å². The third-order valence-electron chi connectivity index (χ3n) is 4.07. The van der Waals surface area contributed by atoms with Crippen molar-refractivity contribution in [1.82, 2.24) is 0 Å². The van der Waals surface area contributed by atoms with Gasteiger partial charge in [-0.3, -0.25) is 0 Å². The van der Waals surface area contributed by atoms with E-state index in [0.29, 0.717) is 0 Å². The second-order valence-corrected chi connectivity index (χ2v) is 8.24. The Kier molecular flexibility index (Phi) is 26.4. The van der Waals surface area contributed by atoms with Gasteiger partial charge >= 0.3 is 113 Å². The standard InChI is InChI=1S/C12H22O11.3Ca.2H3O4P/c13-1-4-6(16)8(18)9(19)11(21-4)23-12(3-15)10(20)7(17)5(2-14)22-12;;;;2*1-5(2,3)4/h4-11,13-20H,1-3H2;;;;2*(H3,1,2,3,4)/q;3*+2;;/p-6/t4-,5-,6-,7-,8+,9-,10+,11-,12+;;;;;/m1...../s1. The van der Waals surface area contributed by atoms with Gasteiger partial charge in [0, 0.05) is 0 Å². The topological polar surface area (TPSA) is 362 Å². The number of phosphoric acid groups is 2. The van der Waals surface area contributed by atoms with E-state index in [1.54, 1.807) is 0 Å². The van der Waals surface area contributed by atoms with E-state index in [0.717, 1.165) is 0 Å². The minimum absolute atomic E-state index is 0. The summed E-state index contributed by atoms with van der Waals surface area (Å²) < 4.78 is 32.5. The van der Waals surface area contributed by atoms with E-state index in [-0.39, 0.29) is 113 Å². The molecule has 0 aromatic rings. The van der Waals surface area contributed by atoms with Gasteiger partial charge in [-0.1, -0.05) is 0 Å². The van der Waals surface area contributed by atoms with Gasteiger partial charge < -0.3 is 93.6 Å². The molecular formula is C12H22Ca3O19P2. The molecule has 24 heteroatoms. The zero-order valence-electron chi connectivity index (χ0n) is 18.3. The Hall–Kier alpha value is 3.56. The maximum absolute atomic E-state index is 10.00. The van der Waals surface area contributed by atoms with Gasteiger partial charge in [0.1, 0.15) is 49.3 Å². The minimum atomic E-state index is -5.39. The van der Waals surface area contributed by atoms with Gasteiger partial charge in [-0.2, -0.15) is 15.6 Å². The van der Waals surface area contributed by atoms with E-state index in [1.165, 1.54) is 0 Å². The van der Waals surface area contributed by atoms with Crippen LogP contribution in [0.4, 0.5) is 0 Å². The molecule has 19 nitrogen and oxygen atoms in total. The molecule has 2 saturated heterocycles. The summed E-state index contributed by atoms with van der Waals surface area (Å²) in [5.74, 6) is -2.22. The Morgan fingerprint density at radius 3 is 1.39 bits per heavy atom. The van der Waals surface area contributed by atoms with Gasteiger partial charge in [-0.05, 0) is 0 Å². The summed E-state index contributed by atoms with van der Waals surface area (Å²) in [4.78, 5) is 51.3. The van der Waals surface area contributed by atoms with Crippen LogP contribution in [0.25, 0.3) is 0 Å². The summed E-state index contributed by atoms with van der Waals surface area (Å²) in [6.45, 7) is -2.32. The molecule has 0 bridgehead atoms. The molecule has 36 heavy (non-hydrogen) atoms. The molecule has 8 N–H and O–H groups in total. The monoisotopic (exact) mass is 652 g/mol. The van der Waals surface area contributed by atoms with Crippen LogP contribution in [0.3, 0.4) is 0 Å². The average molecular weight is 652 g/mol. The first-order valence-electron chi connectivity index (χ1n) is 8.51. The molecule has 9 atom stereocenters. The molecule has 0 aliphatic carbocycles. The van der Waals surface area contributed by atoms with Crippen molar-refractivity contribution in [3.63, 3.8) is 0 Å². The number of rotatable bonds is 5. The average Bonchev–Trinajstić information content (AvgIpc) is 2.91. The third-order valence-corrected chi connectivity index (χ3v) is 4.07. The van der Waals surface area contributed by atoms with Gasteiger partial charge in [0.15, 0.2) is 6.29 Å². The predicted octanol–water partition coefficient (Wildman–Crippen LogP) is -12.2. The van der Waals surface area contributed by atoms with Crippen LogP contribution in [-0.2, 0) is 23.3 Å². The summed E-state index contributed by atoms with van der Waals surface area (Å²) in [6, 6.07) is 0. The molecule has 2 aliphatic rings. The zero-order chi connectivity index (χ0) is 26.4. The number of hydrogen-bond acceptors (Lipinski definition) is 19. The second kappa shape index (κ2) is 20.5. The summed E-state index contributed by atoms with van der Waals surface area (Å²) >= 11 is 0. The number of ether oxygens (including phenoxy) is 3. The molecule has 200 valence electrons. The molecule has 0 aromatic carbocycles. The molecule has 0 aromatic heterocycles. The van der Waals surface area contributed by atoms with E-state index in [4.69, 9.17) is 62.9 Å². The summed E-state index contributed by atoms with van der Waals surface area (Å²) in [5, 5.41) is 76.7. The van der Waals surface area contributed by atoms with E-state index in [2.05, 4.69) is 0 Å². The molecule has 2 heterocycles. The zero-order valence-corrected chi connectivity index (χ0v) is 26.7. The fourth-order valence-electron chi connectivity index (χ4n) is 2.63. The molecule has 0 unspecified atom stereocenters. The minimum Gasteiger partial charge on any atom is -0.822 e. The molecule has 0 saturated carbocycles. The van der Waals surface area contributed by atoms with E-state index < -0.39 is 90.3 Å². The Bertz CT molecular complexity index is 644. The summed E-state index contributed by atoms with van der Waals surface area (Å²) in [5.41, 5.74) is 0. The first-order valence-corrected chi connectivity index (χ1v) is 11.4. The van der Waals surface area contributed by atoms with Crippen LogP contribution in [-0.4, -0.2) is 229 Å². The fraction of sp³-hybridized carbons (Fsp3) is 1.00. The van der Waals surface area contributed by atoms with Crippen molar-refractivity contribution < 1.29 is 93.6 Å². The molecule has 2 fully saturated rings. The maximum Gasteiger partial charge on any atom is 2.00 e. The summed E-state index contributed by atoms with van der Waals surface area (Å²) in [7, 11) is -10.8. The number of aliphatic hydroxyl groups is 8. The third kappa shape index (κ3) is 16.9. The van der Waals surface area contributed by atoms with Crippen LogP contribution in [0.5, 0.6) is 0 Å². The SMILES string of the molecule is O=P([O-])([O-])[O-].O=P([O-])([O-])[O-].OC[C@H]1O[C@@](CO)(O[C@H]2O[C@H](CO)[C@@H](O)[C@H](O)[C@H]2O)[C@@H](O)[C@@H]1O.[Ca+2].[Ca+2].[Ca+2]. The van der Waals surface area contributed by atoms with E-state index in [9.17, 15) is 30.6 Å². The van der Waals surface area contributed by atoms with Crippen molar-refractivity contribution in [3.8, 4) is 0 Å². The molecule has 0 amide bonds. The molecule has 0 radical (unpaired) electrons. The smallest absolute Gasteiger partial charge is 0.822 e. The van der Waals surface area contributed by atoms with Crippen molar-refractivity contribution in [2.75, 3.05) is 19.8 Å². The van der Waals surface area contributed by atoms with Gasteiger partial charge in [-0.25, -0.2) is 0 Å². The quantitative estimate of drug-likeness (QED) is 0.101. The Labute approximate surface area is 293 Å². The van der Waals surface area contributed by atoms with Gasteiger partial charge in [0.25, 0.3) is 0 Å². The molecule has 2 rings (SSSR count). The second-order valence-electron chi connectivity index (χ2n) is 6.45. The Morgan fingerprint density at radius 2 is 1.08 bits per heavy atom. The molecule has 0 spiro atoms. The van der Waals surface area contributed by atoms with Crippen molar-refractivity contribution >= 4 is 129 Å². The van der Waals surface area contributed by atoms with Crippen LogP contribution < -0.4 is 29.4 Å². The first-order chi connectivity index (χ1) is 14.8. The normalized spacial score (nSPS) is 35.9. The van der Waals surface area contributed by atoms with Crippen LogP contribution in [0.1, 0.15) is 0 Å². The Morgan fingerprint density at radius 1 is 0.694 bits per heavy atom. The fourth-order valence-corrected chi connectivity index (χ4v) is 2.63. The molecule has 2 aliphatic heterocycles. The summed E-state index contributed by atoms with van der Waals surface area (Å²) in [6.07, 6.45) is -12.7. The van der Waals surface area contributed by atoms with E-state index in [1.807, 2.05) is 0 Å². The number of hydrogen-bond donors (Lipinski definition) is 8. The van der Waals surface area contributed by atoms with Gasteiger partial charge in [-0.15, -0.1) is 0 Å². The first kappa shape index (κ1) is 46.5. The van der Waals surface area contributed by atoms with Crippen molar-refractivity contribution in [3.05, 3.63) is 0 Å². The molecular weight excluding hydrogens is 630 g/mol. The van der Waals surface area contributed by atoms with Crippen LogP contribution in [0.2, 0.25) is 0 Å².